The summed E-state index contributed by atoms with van der Waals surface area (Å²) in [4.78, 5) is 55.9. The van der Waals surface area contributed by atoms with E-state index in [4.69, 9.17) is 9.15 Å². The molecule has 0 saturated heterocycles. The number of Topliss-reactive ketones (excluding diaryl/α,β-unsaturated/α-hetero) is 1. The van der Waals surface area contributed by atoms with Crippen LogP contribution in [0.25, 0.3) is 0 Å². The smallest absolute Gasteiger partial charge is 0.355 e. The number of aromatic nitrogens is 1. The average molecular weight is 512 g/mol. The summed E-state index contributed by atoms with van der Waals surface area (Å²) in [7, 11) is 0. The van der Waals surface area contributed by atoms with Crippen LogP contribution in [0.5, 0.6) is 0 Å². The van der Waals surface area contributed by atoms with E-state index < -0.39 is 24.1 Å². The first kappa shape index (κ1) is 27.8. The van der Waals surface area contributed by atoms with Gasteiger partial charge in [0.25, 0.3) is 5.91 Å². The highest BCUT2D eigenvalue weighted by Crippen LogP contribution is 2.22. The van der Waals surface area contributed by atoms with Crippen LogP contribution in [0.1, 0.15) is 56.4 Å². The van der Waals surface area contributed by atoms with E-state index in [1.165, 1.54) is 11.0 Å². The molecule has 2 aliphatic rings. The van der Waals surface area contributed by atoms with Crippen molar-refractivity contribution in [2.75, 3.05) is 13.1 Å². The molecule has 0 radical (unpaired) electrons. The molecule has 1 unspecified atom stereocenters. The highest BCUT2D eigenvalue weighted by Gasteiger charge is 2.32. The molecule has 2 aliphatic heterocycles. The third-order valence-corrected chi connectivity index (χ3v) is 5.86. The van der Waals surface area contributed by atoms with Crippen molar-refractivity contribution in [3.05, 3.63) is 65.6 Å². The Morgan fingerprint density at radius 3 is 2.70 bits per heavy atom. The molecular weight excluding hydrogens is 478 g/mol. The summed E-state index contributed by atoms with van der Waals surface area (Å²) >= 11 is 0. The van der Waals surface area contributed by atoms with E-state index in [0.29, 0.717) is 12.8 Å². The second kappa shape index (κ2) is 13.0. The van der Waals surface area contributed by atoms with Crippen LogP contribution in [0, 0.1) is 5.92 Å². The van der Waals surface area contributed by atoms with Crippen LogP contribution in [0.3, 0.4) is 0 Å². The third-order valence-electron chi connectivity index (χ3n) is 5.86. The lowest BCUT2D eigenvalue weighted by atomic mass is 10.0. The van der Waals surface area contributed by atoms with Crippen molar-refractivity contribution in [2.45, 2.75) is 58.7 Å². The monoisotopic (exact) mass is 511 g/mol. The van der Waals surface area contributed by atoms with Crippen molar-refractivity contribution in [1.82, 2.24) is 15.2 Å². The summed E-state index contributed by atoms with van der Waals surface area (Å²) in [5, 5.41) is 12.9. The van der Waals surface area contributed by atoms with Gasteiger partial charge in [-0.2, -0.15) is 0 Å². The van der Waals surface area contributed by atoms with E-state index in [0.717, 1.165) is 11.8 Å². The number of allylic oxidation sites excluding steroid dienone is 2. The zero-order chi connectivity index (χ0) is 26.9. The van der Waals surface area contributed by atoms with Crippen LogP contribution in [-0.2, 0) is 25.5 Å². The third kappa shape index (κ3) is 8.11. The SMILES string of the molecule is CC1=C\[C@@H](O)CC(=O)Cc2nc(co2)C(=O)N2CCC=C2C(=O)OC(C(C)C)C/C=C/C(=O)NC\C=C\1. The molecule has 3 rings (SSSR count). The normalized spacial score (nSPS) is 26.0. The van der Waals surface area contributed by atoms with Crippen LogP contribution < -0.4 is 5.32 Å². The number of esters is 1. The molecule has 10 heteroatoms. The first-order valence-electron chi connectivity index (χ1n) is 12.3. The van der Waals surface area contributed by atoms with Gasteiger partial charge >= 0.3 is 5.97 Å². The number of rotatable bonds is 1. The van der Waals surface area contributed by atoms with Gasteiger partial charge in [0.05, 0.1) is 12.5 Å². The van der Waals surface area contributed by atoms with E-state index in [1.54, 1.807) is 37.3 Å². The Kier molecular flexibility index (Phi) is 9.73. The molecule has 0 aromatic carbocycles. The fourth-order valence-electron chi connectivity index (χ4n) is 3.91. The van der Waals surface area contributed by atoms with Crippen molar-refractivity contribution in [3.8, 4) is 0 Å². The second-order valence-corrected chi connectivity index (χ2v) is 9.33. The Morgan fingerprint density at radius 1 is 1.16 bits per heavy atom. The summed E-state index contributed by atoms with van der Waals surface area (Å²) in [6.45, 7) is 6.13. The van der Waals surface area contributed by atoms with Gasteiger partial charge in [-0.3, -0.25) is 14.4 Å². The minimum Gasteiger partial charge on any atom is -0.457 e. The first-order valence-corrected chi connectivity index (χ1v) is 12.3. The number of nitrogens with one attached hydrogen (secondary N) is 1. The Labute approximate surface area is 215 Å². The molecule has 3 heterocycles. The molecule has 0 fully saturated rings. The van der Waals surface area contributed by atoms with Crippen molar-refractivity contribution >= 4 is 23.6 Å². The summed E-state index contributed by atoms with van der Waals surface area (Å²) in [6.07, 6.45) is 9.78. The van der Waals surface area contributed by atoms with Gasteiger partial charge in [-0.25, -0.2) is 9.78 Å². The summed E-state index contributed by atoms with van der Waals surface area (Å²) < 4.78 is 11.0. The maximum absolute atomic E-state index is 13.1. The van der Waals surface area contributed by atoms with Crippen LogP contribution in [0.2, 0.25) is 0 Å². The number of fused-ring (bicyclic) bond motifs is 3. The van der Waals surface area contributed by atoms with Gasteiger partial charge < -0.3 is 24.5 Å². The van der Waals surface area contributed by atoms with Gasteiger partial charge in [0.2, 0.25) is 11.8 Å². The molecule has 2 atom stereocenters. The maximum atomic E-state index is 13.1. The van der Waals surface area contributed by atoms with Crippen molar-refractivity contribution in [3.63, 3.8) is 0 Å². The molecule has 198 valence electrons. The van der Waals surface area contributed by atoms with Gasteiger partial charge in [0.1, 0.15) is 23.8 Å². The van der Waals surface area contributed by atoms with E-state index in [2.05, 4.69) is 10.3 Å². The highest BCUT2D eigenvalue weighted by atomic mass is 16.5. The van der Waals surface area contributed by atoms with E-state index >= 15 is 0 Å². The predicted octanol–water partition coefficient (Wildman–Crippen LogP) is 2.41. The predicted molar refractivity (Wildman–Crippen MR) is 134 cm³/mol. The van der Waals surface area contributed by atoms with Gasteiger partial charge in [0.15, 0.2) is 5.69 Å². The molecule has 1 aromatic rings. The molecule has 2 bridgehead atoms. The maximum Gasteiger partial charge on any atom is 0.355 e. The molecule has 37 heavy (non-hydrogen) atoms. The number of carbonyl (C=O) groups excluding carboxylic acids is 4. The lowest BCUT2D eigenvalue weighted by Crippen LogP contribution is -2.34. The molecule has 2 N–H and O–H groups in total. The largest absolute Gasteiger partial charge is 0.457 e. The lowest BCUT2D eigenvalue weighted by molar-refractivity contribution is -0.147. The molecule has 0 saturated carbocycles. The molecular formula is C27H33N3O7. The highest BCUT2D eigenvalue weighted by molar-refractivity contribution is 6.00. The Bertz CT molecular complexity index is 1140. The number of aliphatic hydroxyl groups is 1. The summed E-state index contributed by atoms with van der Waals surface area (Å²) in [5.41, 5.74) is 0.814. The Balaban J connectivity index is 1.83. The topological polar surface area (TPSA) is 139 Å². The number of carbonyl (C=O) groups is 4. The number of amides is 2. The lowest BCUT2D eigenvalue weighted by Gasteiger charge is -2.23. The number of hydrogen-bond donors (Lipinski definition) is 2. The molecule has 1 aromatic heterocycles. The van der Waals surface area contributed by atoms with Crippen LogP contribution in [0.4, 0.5) is 0 Å². The number of hydrogen-bond acceptors (Lipinski definition) is 8. The number of aliphatic hydroxyl groups excluding tert-OH is 1. The number of cyclic esters (lactones) is 1. The minimum atomic E-state index is -1.01. The zero-order valence-corrected chi connectivity index (χ0v) is 21.3. The van der Waals surface area contributed by atoms with Gasteiger partial charge in [-0.05, 0) is 25.3 Å². The standard InChI is InChI=1S/C27H33N3O7/c1-17(2)23-9-4-10-24(33)28-11-5-7-18(3)13-19(31)14-20(32)15-25-29-21(16-36-25)26(34)30-12-6-8-22(30)27(35)37-23/h4-5,7-8,10,13,16-17,19,23,31H,6,9,11-12,14-15H2,1-3H3,(H,28,33)/b7-5+,10-4+,18-13+/t19-,23?/m1/s1. The van der Waals surface area contributed by atoms with Gasteiger partial charge in [0, 0.05) is 25.9 Å². The molecule has 2 amide bonds. The fourth-order valence-corrected chi connectivity index (χ4v) is 3.91. The fraction of sp³-hybridized carbons (Fsp3) is 0.444. The van der Waals surface area contributed by atoms with Crippen molar-refractivity contribution < 1.29 is 33.4 Å². The van der Waals surface area contributed by atoms with Crippen molar-refractivity contribution in [1.29, 1.82) is 0 Å². The minimum absolute atomic E-state index is 0.0269. The Morgan fingerprint density at radius 2 is 1.95 bits per heavy atom. The quantitative estimate of drug-likeness (QED) is 0.548. The first-order chi connectivity index (χ1) is 17.6. The van der Waals surface area contributed by atoms with Crippen LogP contribution in [0.15, 0.2) is 58.4 Å². The number of nitrogens with zero attached hydrogens (tertiary/aromatic N) is 2. The average Bonchev–Trinajstić information content (AvgIpc) is 3.50. The number of ketones is 1. The van der Waals surface area contributed by atoms with Gasteiger partial charge in [-0.15, -0.1) is 0 Å². The van der Waals surface area contributed by atoms with Crippen molar-refractivity contribution in [2.24, 2.45) is 5.92 Å². The second-order valence-electron chi connectivity index (χ2n) is 9.33. The van der Waals surface area contributed by atoms with E-state index in [1.807, 2.05) is 13.8 Å². The van der Waals surface area contributed by atoms with Gasteiger partial charge in [-0.1, -0.05) is 49.8 Å². The number of oxazole rings is 1. The zero-order valence-electron chi connectivity index (χ0n) is 21.3. The van der Waals surface area contributed by atoms with E-state index in [9.17, 15) is 24.3 Å². The Hall–Kier alpha value is -3.79. The summed E-state index contributed by atoms with van der Waals surface area (Å²) in [6, 6.07) is 0. The van der Waals surface area contributed by atoms with E-state index in [-0.39, 0.29) is 60.8 Å². The van der Waals surface area contributed by atoms with Crippen LogP contribution in [-0.4, -0.2) is 63.9 Å². The number of ether oxygens (including phenoxy) is 1. The molecule has 0 spiro atoms. The summed E-state index contributed by atoms with van der Waals surface area (Å²) in [5.74, 6) is -1.77. The van der Waals surface area contributed by atoms with Crippen LogP contribution >= 0.6 is 0 Å². The molecule has 10 nitrogen and oxygen atoms in total. The molecule has 0 aliphatic carbocycles.